The standard InChI is InChI=1S/C15H15ClN2O3/c16-13-4-2-1-3-10(13)7-18-8-12(15(19)20)14(17-18)11-5-6-21-9-11/h1-4,8,11H,5-7,9H2,(H,19,20). The first kappa shape index (κ1) is 14.1. The van der Waals surface area contributed by atoms with Crippen molar-refractivity contribution in [2.45, 2.75) is 18.9 Å². The van der Waals surface area contributed by atoms with Crippen molar-refractivity contribution in [3.63, 3.8) is 0 Å². The molecule has 21 heavy (non-hydrogen) atoms. The maximum Gasteiger partial charge on any atom is 0.339 e. The van der Waals surface area contributed by atoms with Crippen LogP contribution in [0, 0.1) is 0 Å². The quantitative estimate of drug-likeness (QED) is 0.943. The van der Waals surface area contributed by atoms with Crippen molar-refractivity contribution in [2.75, 3.05) is 13.2 Å². The second kappa shape index (κ2) is 5.87. The SMILES string of the molecule is O=C(O)c1cn(Cc2ccccc2Cl)nc1C1CCOC1. The molecule has 6 heteroatoms. The normalized spacial score (nSPS) is 18.0. The summed E-state index contributed by atoms with van der Waals surface area (Å²) < 4.78 is 6.97. The van der Waals surface area contributed by atoms with E-state index < -0.39 is 5.97 Å². The summed E-state index contributed by atoms with van der Waals surface area (Å²) in [6.45, 7) is 1.64. The molecule has 1 saturated heterocycles. The Hall–Kier alpha value is -1.85. The molecular formula is C15H15ClN2O3. The number of ether oxygens (including phenoxy) is 1. The van der Waals surface area contributed by atoms with E-state index in [-0.39, 0.29) is 11.5 Å². The molecule has 0 saturated carbocycles. The summed E-state index contributed by atoms with van der Waals surface area (Å²) in [5.41, 5.74) is 1.76. The zero-order valence-corrected chi connectivity index (χ0v) is 12.1. The molecule has 1 aliphatic rings. The Morgan fingerprint density at radius 2 is 2.29 bits per heavy atom. The first-order chi connectivity index (χ1) is 10.1. The third-order valence-corrected chi connectivity index (χ3v) is 4.00. The zero-order chi connectivity index (χ0) is 14.8. The van der Waals surface area contributed by atoms with Crippen LogP contribution in [0.5, 0.6) is 0 Å². The van der Waals surface area contributed by atoms with E-state index in [9.17, 15) is 9.90 Å². The molecular weight excluding hydrogens is 292 g/mol. The van der Waals surface area contributed by atoms with Crippen LogP contribution >= 0.6 is 11.6 Å². The lowest BCUT2D eigenvalue weighted by atomic mass is 10.0. The molecule has 0 aliphatic carbocycles. The number of carbonyl (C=O) groups is 1. The lowest BCUT2D eigenvalue weighted by molar-refractivity contribution is 0.0695. The molecule has 0 radical (unpaired) electrons. The first-order valence-electron chi connectivity index (χ1n) is 6.77. The Morgan fingerprint density at radius 1 is 1.48 bits per heavy atom. The summed E-state index contributed by atoms with van der Waals surface area (Å²) in [6, 6.07) is 7.47. The predicted molar refractivity (Wildman–Crippen MR) is 77.9 cm³/mol. The van der Waals surface area contributed by atoms with Crippen molar-refractivity contribution in [2.24, 2.45) is 0 Å². The maximum absolute atomic E-state index is 11.4. The van der Waals surface area contributed by atoms with E-state index in [2.05, 4.69) is 5.10 Å². The number of benzene rings is 1. The zero-order valence-electron chi connectivity index (χ0n) is 11.3. The number of aromatic nitrogens is 2. The fourth-order valence-corrected chi connectivity index (χ4v) is 2.73. The predicted octanol–water partition coefficient (Wildman–Crippen LogP) is 2.79. The molecule has 1 atom stereocenters. The van der Waals surface area contributed by atoms with Crippen LogP contribution in [0.15, 0.2) is 30.5 Å². The van der Waals surface area contributed by atoms with Gasteiger partial charge >= 0.3 is 5.97 Å². The molecule has 0 spiro atoms. The number of carboxylic acid groups (broad SMARTS) is 1. The second-order valence-electron chi connectivity index (χ2n) is 5.08. The van der Waals surface area contributed by atoms with Gasteiger partial charge in [-0.25, -0.2) is 4.79 Å². The van der Waals surface area contributed by atoms with Gasteiger partial charge in [0.15, 0.2) is 0 Å². The van der Waals surface area contributed by atoms with Crippen molar-refractivity contribution in [1.82, 2.24) is 9.78 Å². The average molecular weight is 307 g/mol. The van der Waals surface area contributed by atoms with Gasteiger partial charge in [0.05, 0.1) is 18.8 Å². The van der Waals surface area contributed by atoms with Crippen LogP contribution < -0.4 is 0 Å². The molecule has 3 rings (SSSR count). The van der Waals surface area contributed by atoms with Gasteiger partial charge in [-0.2, -0.15) is 5.10 Å². The third-order valence-electron chi connectivity index (χ3n) is 3.63. The molecule has 2 heterocycles. The van der Waals surface area contributed by atoms with E-state index in [0.717, 1.165) is 12.0 Å². The molecule has 1 fully saturated rings. The average Bonchev–Trinajstić information content (AvgIpc) is 3.10. The highest BCUT2D eigenvalue weighted by atomic mass is 35.5. The number of rotatable bonds is 4. The van der Waals surface area contributed by atoms with Crippen LogP contribution in [0.3, 0.4) is 0 Å². The Morgan fingerprint density at radius 3 is 2.95 bits per heavy atom. The highest BCUT2D eigenvalue weighted by molar-refractivity contribution is 6.31. The Labute approximate surface area is 127 Å². The van der Waals surface area contributed by atoms with E-state index in [1.54, 1.807) is 10.9 Å². The fourth-order valence-electron chi connectivity index (χ4n) is 2.53. The van der Waals surface area contributed by atoms with Crippen LogP contribution in [-0.4, -0.2) is 34.1 Å². The summed E-state index contributed by atoms with van der Waals surface area (Å²) in [5, 5.41) is 14.4. The summed E-state index contributed by atoms with van der Waals surface area (Å²) in [6.07, 6.45) is 2.38. The first-order valence-corrected chi connectivity index (χ1v) is 7.14. The molecule has 0 amide bonds. The van der Waals surface area contributed by atoms with Crippen LogP contribution in [0.4, 0.5) is 0 Å². The molecule has 2 aromatic rings. The number of halogens is 1. The van der Waals surface area contributed by atoms with E-state index in [0.29, 0.717) is 30.5 Å². The van der Waals surface area contributed by atoms with Crippen LogP contribution in [0.1, 0.15) is 34.0 Å². The van der Waals surface area contributed by atoms with E-state index in [1.807, 2.05) is 24.3 Å². The van der Waals surface area contributed by atoms with Crippen LogP contribution in [-0.2, 0) is 11.3 Å². The van der Waals surface area contributed by atoms with Gasteiger partial charge in [0.2, 0.25) is 0 Å². The van der Waals surface area contributed by atoms with Gasteiger partial charge in [0.1, 0.15) is 5.56 Å². The Kier molecular flexibility index (Phi) is 3.94. The Bertz CT molecular complexity index is 663. The van der Waals surface area contributed by atoms with Crippen molar-refractivity contribution in [1.29, 1.82) is 0 Å². The molecule has 1 N–H and O–H groups in total. The lowest BCUT2D eigenvalue weighted by Crippen LogP contribution is -2.06. The summed E-state index contributed by atoms with van der Waals surface area (Å²) in [7, 11) is 0. The maximum atomic E-state index is 11.4. The van der Waals surface area contributed by atoms with E-state index in [1.165, 1.54) is 0 Å². The van der Waals surface area contributed by atoms with Gasteiger partial charge in [-0.3, -0.25) is 4.68 Å². The molecule has 110 valence electrons. The number of carboxylic acids is 1. The smallest absolute Gasteiger partial charge is 0.339 e. The summed E-state index contributed by atoms with van der Waals surface area (Å²) >= 11 is 6.13. The molecule has 1 aliphatic heterocycles. The minimum Gasteiger partial charge on any atom is -0.478 e. The van der Waals surface area contributed by atoms with Crippen molar-refractivity contribution in [3.05, 3.63) is 52.3 Å². The monoisotopic (exact) mass is 306 g/mol. The van der Waals surface area contributed by atoms with Crippen LogP contribution in [0.25, 0.3) is 0 Å². The molecule has 1 unspecified atom stereocenters. The summed E-state index contributed by atoms with van der Waals surface area (Å²) in [4.78, 5) is 11.4. The fraction of sp³-hybridized carbons (Fsp3) is 0.333. The third kappa shape index (κ3) is 2.94. The summed E-state index contributed by atoms with van der Waals surface area (Å²) in [5.74, 6) is -0.897. The van der Waals surface area contributed by atoms with E-state index >= 15 is 0 Å². The highest BCUT2D eigenvalue weighted by Crippen LogP contribution is 2.27. The molecule has 1 aromatic carbocycles. The topological polar surface area (TPSA) is 64.3 Å². The largest absolute Gasteiger partial charge is 0.478 e. The lowest BCUT2D eigenvalue weighted by Gasteiger charge is -2.05. The molecule has 5 nitrogen and oxygen atoms in total. The number of nitrogens with zero attached hydrogens (tertiary/aromatic N) is 2. The minimum absolute atomic E-state index is 0.0589. The molecule has 0 bridgehead atoms. The van der Waals surface area contributed by atoms with Gasteiger partial charge in [-0.15, -0.1) is 0 Å². The minimum atomic E-state index is -0.956. The number of hydrogen-bond acceptors (Lipinski definition) is 3. The molecule has 1 aromatic heterocycles. The highest BCUT2D eigenvalue weighted by Gasteiger charge is 2.26. The van der Waals surface area contributed by atoms with Gasteiger partial charge in [0.25, 0.3) is 0 Å². The van der Waals surface area contributed by atoms with Crippen molar-refractivity contribution < 1.29 is 14.6 Å². The Balaban J connectivity index is 1.91. The van der Waals surface area contributed by atoms with Gasteiger partial charge in [-0.1, -0.05) is 29.8 Å². The number of hydrogen-bond donors (Lipinski definition) is 1. The van der Waals surface area contributed by atoms with E-state index in [4.69, 9.17) is 16.3 Å². The van der Waals surface area contributed by atoms with Crippen molar-refractivity contribution in [3.8, 4) is 0 Å². The van der Waals surface area contributed by atoms with Gasteiger partial charge < -0.3 is 9.84 Å². The van der Waals surface area contributed by atoms with Gasteiger partial charge in [0, 0.05) is 23.7 Å². The second-order valence-corrected chi connectivity index (χ2v) is 5.49. The van der Waals surface area contributed by atoms with Crippen LogP contribution in [0.2, 0.25) is 5.02 Å². The van der Waals surface area contributed by atoms with Crippen molar-refractivity contribution >= 4 is 17.6 Å². The number of aromatic carboxylic acids is 1. The van der Waals surface area contributed by atoms with Gasteiger partial charge in [-0.05, 0) is 18.1 Å².